The minimum Gasteiger partial charge on any atom is -0.493 e. The molecule has 0 bridgehead atoms. The largest absolute Gasteiger partial charge is 0.493 e. The van der Waals surface area contributed by atoms with E-state index in [0.717, 1.165) is 35.4 Å². The van der Waals surface area contributed by atoms with Crippen LogP contribution in [0.5, 0.6) is 5.75 Å². The maximum atomic E-state index is 11.3. The van der Waals surface area contributed by atoms with Crippen molar-refractivity contribution in [3.8, 4) is 17.0 Å². The van der Waals surface area contributed by atoms with Crippen LogP contribution in [0, 0.1) is 6.92 Å². The van der Waals surface area contributed by atoms with Gasteiger partial charge >= 0.3 is 5.97 Å². The predicted molar refractivity (Wildman–Crippen MR) is 82.9 cm³/mol. The zero-order chi connectivity index (χ0) is 15.4. The quantitative estimate of drug-likeness (QED) is 0.820. The number of para-hydroxylation sites is 1. The minimum absolute atomic E-state index is 0.330. The molecule has 2 rings (SSSR count). The van der Waals surface area contributed by atoms with Crippen LogP contribution in [0.15, 0.2) is 30.5 Å². The second-order valence-electron chi connectivity index (χ2n) is 5.13. The average Bonchev–Trinajstić information content (AvgIpc) is 2.75. The number of aromatic carboxylic acids is 1. The van der Waals surface area contributed by atoms with E-state index in [1.165, 1.54) is 0 Å². The van der Waals surface area contributed by atoms with E-state index in [9.17, 15) is 9.90 Å². The van der Waals surface area contributed by atoms with Gasteiger partial charge < -0.3 is 14.4 Å². The van der Waals surface area contributed by atoms with Gasteiger partial charge in [0.1, 0.15) is 5.75 Å². The fourth-order valence-corrected chi connectivity index (χ4v) is 2.47. The van der Waals surface area contributed by atoms with Crippen molar-refractivity contribution in [3.05, 3.63) is 41.6 Å². The van der Waals surface area contributed by atoms with Crippen molar-refractivity contribution in [1.82, 2.24) is 4.57 Å². The number of hydrogen-bond acceptors (Lipinski definition) is 2. The first-order chi connectivity index (χ1) is 10.1. The number of ether oxygens (including phenoxy) is 1. The average molecular weight is 287 g/mol. The summed E-state index contributed by atoms with van der Waals surface area (Å²) in [5.41, 5.74) is 2.91. The van der Waals surface area contributed by atoms with Crippen molar-refractivity contribution >= 4 is 5.97 Å². The SMILES string of the molecule is CCCCOc1ccccc1-c1c(C)c(C(=O)O)cn1C. The summed E-state index contributed by atoms with van der Waals surface area (Å²) in [6, 6.07) is 7.77. The summed E-state index contributed by atoms with van der Waals surface area (Å²) in [5, 5.41) is 9.25. The van der Waals surface area contributed by atoms with Crippen LogP contribution in [0.1, 0.15) is 35.7 Å². The fraction of sp³-hybridized carbons (Fsp3) is 0.353. The Morgan fingerprint density at radius 3 is 2.67 bits per heavy atom. The van der Waals surface area contributed by atoms with Gasteiger partial charge in [-0.15, -0.1) is 0 Å². The number of benzene rings is 1. The highest BCUT2D eigenvalue weighted by molar-refractivity contribution is 5.92. The molecular formula is C17H21NO3. The summed E-state index contributed by atoms with van der Waals surface area (Å²) in [6.07, 6.45) is 3.73. The number of hydrogen-bond donors (Lipinski definition) is 1. The monoisotopic (exact) mass is 287 g/mol. The van der Waals surface area contributed by atoms with Crippen LogP contribution < -0.4 is 4.74 Å². The maximum Gasteiger partial charge on any atom is 0.337 e. The molecule has 0 spiro atoms. The maximum absolute atomic E-state index is 11.3. The highest BCUT2D eigenvalue weighted by Gasteiger charge is 2.19. The Bertz CT molecular complexity index is 643. The van der Waals surface area contributed by atoms with Crippen LogP contribution in [-0.4, -0.2) is 22.2 Å². The van der Waals surface area contributed by atoms with Crippen molar-refractivity contribution in [3.63, 3.8) is 0 Å². The van der Waals surface area contributed by atoms with E-state index in [-0.39, 0.29) is 0 Å². The lowest BCUT2D eigenvalue weighted by Crippen LogP contribution is -2.00. The normalized spacial score (nSPS) is 10.6. The van der Waals surface area contributed by atoms with Gasteiger partial charge in [-0.1, -0.05) is 25.5 Å². The number of nitrogens with zero attached hydrogens (tertiary/aromatic N) is 1. The molecule has 1 N–H and O–H groups in total. The number of aromatic nitrogens is 1. The van der Waals surface area contributed by atoms with Crippen LogP contribution >= 0.6 is 0 Å². The predicted octanol–water partition coefficient (Wildman–Crippen LogP) is 3.88. The lowest BCUT2D eigenvalue weighted by atomic mass is 10.1. The van der Waals surface area contributed by atoms with Crippen molar-refractivity contribution in [2.24, 2.45) is 7.05 Å². The molecule has 1 heterocycles. The van der Waals surface area contributed by atoms with E-state index in [1.807, 2.05) is 42.8 Å². The van der Waals surface area contributed by atoms with E-state index in [0.29, 0.717) is 12.2 Å². The van der Waals surface area contributed by atoms with E-state index >= 15 is 0 Å². The van der Waals surface area contributed by atoms with Gasteiger partial charge in [0, 0.05) is 18.8 Å². The highest BCUT2D eigenvalue weighted by Crippen LogP contribution is 2.34. The molecule has 1 aromatic heterocycles. The van der Waals surface area contributed by atoms with Crippen LogP contribution in [0.4, 0.5) is 0 Å². The molecule has 0 radical (unpaired) electrons. The van der Waals surface area contributed by atoms with E-state index in [1.54, 1.807) is 6.20 Å². The highest BCUT2D eigenvalue weighted by atomic mass is 16.5. The summed E-state index contributed by atoms with van der Waals surface area (Å²) in [6.45, 7) is 4.63. The first-order valence-corrected chi connectivity index (χ1v) is 7.17. The third-order valence-corrected chi connectivity index (χ3v) is 3.56. The van der Waals surface area contributed by atoms with Gasteiger partial charge in [-0.2, -0.15) is 0 Å². The summed E-state index contributed by atoms with van der Waals surface area (Å²) in [7, 11) is 1.86. The van der Waals surface area contributed by atoms with Gasteiger partial charge in [-0.3, -0.25) is 0 Å². The van der Waals surface area contributed by atoms with Gasteiger partial charge in [0.25, 0.3) is 0 Å². The van der Waals surface area contributed by atoms with Crippen molar-refractivity contribution < 1.29 is 14.6 Å². The number of carboxylic acids is 1. The Morgan fingerprint density at radius 1 is 1.33 bits per heavy atom. The second kappa shape index (κ2) is 6.48. The molecule has 112 valence electrons. The van der Waals surface area contributed by atoms with Gasteiger partial charge in [0.2, 0.25) is 0 Å². The first-order valence-electron chi connectivity index (χ1n) is 7.17. The Morgan fingerprint density at radius 2 is 2.05 bits per heavy atom. The molecule has 4 heteroatoms. The molecule has 21 heavy (non-hydrogen) atoms. The van der Waals surface area contributed by atoms with E-state index in [2.05, 4.69) is 6.92 Å². The molecule has 0 saturated heterocycles. The minimum atomic E-state index is -0.904. The van der Waals surface area contributed by atoms with Crippen molar-refractivity contribution in [1.29, 1.82) is 0 Å². The number of unbranched alkanes of at least 4 members (excludes halogenated alkanes) is 1. The van der Waals surface area contributed by atoms with Crippen molar-refractivity contribution in [2.45, 2.75) is 26.7 Å². The van der Waals surface area contributed by atoms with Gasteiger partial charge in [0.05, 0.1) is 17.9 Å². The molecule has 2 aromatic rings. The molecule has 0 atom stereocenters. The van der Waals surface area contributed by atoms with Gasteiger partial charge in [-0.25, -0.2) is 4.79 Å². The molecular weight excluding hydrogens is 266 g/mol. The second-order valence-corrected chi connectivity index (χ2v) is 5.13. The van der Waals surface area contributed by atoms with Gasteiger partial charge in [-0.05, 0) is 31.0 Å². The molecule has 0 aliphatic carbocycles. The number of carbonyl (C=O) groups is 1. The first kappa shape index (κ1) is 15.2. The van der Waals surface area contributed by atoms with E-state index in [4.69, 9.17) is 4.74 Å². The summed E-state index contributed by atoms with van der Waals surface area (Å²) in [4.78, 5) is 11.3. The molecule has 0 amide bonds. The third kappa shape index (κ3) is 3.10. The third-order valence-electron chi connectivity index (χ3n) is 3.56. The zero-order valence-corrected chi connectivity index (χ0v) is 12.7. The van der Waals surface area contributed by atoms with Crippen LogP contribution in [0.2, 0.25) is 0 Å². The Hall–Kier alpha value is -2.23. The number of rotatable bonds is 6. The molecule has 0 aliphatic rings. The van der Waals surface area contributed by atoms with E-state index < -0.39 is 5.97 Å². The summed E-state index contributed by atoms with van der Waals surface area (Å²) in [5.74, 6) is -0.106. The van der Waals surface area contributed by atoms with Crippen LogP contribution in [0.25, 0.3) is 11.3 Å². The smallest absolute Gasteiger partial charge is 0.337 e. The summed E-state index contributed by atoms with van der Waals surface area (Å²) >= 11 is 0. The fourth-order valence-electron chi connectivity index (χ4n) is 2.47. The molecule has 4 nitrogen and oxygen atoms in total. The number of carboxylic acid groups (broad SMARTS) is 1. The van der Waals surface area contributed by atoms with Crippen molar-refractivity contribution in [2.75, 3.05) is 6.61 Å². The standard InChI is InChI=1S/C17H21NO3/c1-4-5-10-21-15-9-7-6-8-13(15)16-12(2)14(17(19)20)11-18(16)3/h6-9,11H,4-5,10H2,1-3H3,(H,19,20). The van der Waals surface area contributed by atoms with Crippen LogP contribution in [0.3, 0.4) is 0 Å². The molecule has 0 fully saturated rings. The Labute approximate surface area is 125 Å². The molecule has 1 aromatic carbocycles. The number of aryl methyl sites for hydroxylation is 1. The lowest BCUT2D eigenvalue weighted by Gasteiger charge is -2.13. The lowest BCUT2D eigenvalue weighted by molar-refractivity contribution is 0.0696. The summed E-state index contributed by atoms with van der Waals surface area (Å²) < 4.78 is 7.70. The Balaban J connectivity index is 2.45. The molecule has 0 aliphatic heterocycles. The van der Waals surface area contributed by atoms with Gasteiger partial charge in [0.15, 0.2) is 0 Å². The Kier molecular flexibility index (Phi) is 4.68. The molecule has 0 unspecified atom stereocenters. The topological polar surface area (TPSA) is 51.5 Å². The zero-order valence-electron chi connectivity index (χ0n) is 12.7. The molecule has 0 saturated carbocycles. The van der Waals surface area contributed by atoms with Crippen LogP contribution in [-0.2, 0) is 7.05 Å².